The Morgan fingerprint density at radius 1 is 1.00 bits per heavy atom. The molecule has 0 aliphatic carbocycles. The van der Waals surface area contributed by atoms with Gasteiger partial charge in [-0.1, -0.05) is 18.2 Å². The molecule has 1 amide bonds. The van der Waals surface area contributed by atoms with E-state index in [0.29, 0.717) is 17.7 Å². The van der Waals surface area contributed by atoms with Crippen LogP contribution in [0.3, 0.4) is 0 Å². The number of carbonyl (C=O) groups is 1. The summed E-state index contributed by atoms with van der Waals surface area (Å²) in [4.78, 5) is 17.3. The predicted octanol–water partition coefficient (Wildman–Crippen LogP) is 4.13. The van der Waals surface area contributed by atoms with E-state index in [9.17, 15) is 4.79 Å². The highest BCUT2D eigenvalue weighted by Gasteiger charge is 2.17. The minimum absolute atomic E-state index is 0.0580. The molecule has 0 aliphatic rings. The second-order valence-electron chi connectivity index (χ2n) is 6.54. The maximum absolute atomic E-state index is 13.0. The minimum Gasteiger partial charge on any atom is -0.497 e. The van der Waals surface area contributed by atoms with Gasteiger partial charge in [0.15, 0.2) is 0 Å². The molecule has 0 saturated carbocycles. The van der Waals surface area contributed by atoms with Gasteiger partial charge in [0.1, 0.15) is 11.5 Å². The number of nitrogens with zero attached hydrogens (tertiary/aromatic N) is 1. The molecule has 144 valence electrons. The van der Waals surface area contributed by atoms with Gasteiger partial charge in [-0.2, -0.15) is 0 Å². The number of methoxy groups -OCH3 is 2. The van der Waals surface area contributed by atoms with Gasteiger partial charge in [0.25, 0.3) is 5.91 Å². The van der Waals surface area contributed by atoms with Gasteiger partial charge in [-0.05, 0) is 60.5 Å². The first kappa shape index (κ1) is 19.4. The fourth-order valence-electron chi connectivity index (χ4n) is 3.05. The quantitative estimate of drug-likeness (QED) is 0.674. The van der Waals surface area contributed by atoms with E-state index >= 15 is 0 Å². The van der Waals surface area contributed by atoms with E-state index in [2.05, 4.69) is 10.3 Å². The molecule has 1 aromatic heterocycles. The third kappa shape index (κ3) is 4.68. The van der Waals surface area contributed by atoms with Crippen LogP contribution in [0.15, 0.2) is 66.9 Å². The summed E-state index contributed by atoms with van der Waals surface area (Å²) in [5.74, 6) is 1.26. The molecular weight excluding hydrogens is 352 g/mol. The molecule has 0 unspecified atom stereocenters. The van der Waals surface area contributed by atoms with Crippen LogP contribution in [0.4, 0.5) is 0 Å². The zero-order valence-electron chi connectivity index (χ0n) is 16.3. The van der Waals surface area contributed by atoms with Crippen molar-refractivity contribution >= 4 is 5.91 Å². The average Bonchev–Trinajstić information content (AvgIpc) is 2.74. The van der Waals surface area contributed by atoms with Crippen molar-refractivity contribution in [2.45, 2.75) is 19.4 Å². The van der Waals surface area contributed by atoms with E-state index in [0.717, 1.165) is 22.6 Å². The molecule has 0 saturated heterocycles. The molecule has 0 spiro atoms. The number of hydrogen-bond acceptors (Lipinski definition) is 4. The number of aromatic nitrogens is 1. The lowest BCUT2D eigenvalue weighted by molar-refractivity contribution is 0.0940. The van der Waals surface area contributed by atoms with Gasteiger partial charge >= 0.3 is 0 Å². The first-order valence-electron chi connectivity index (χ1n) is 9.14. The first-order valence-corrected chi connectivity index (χ1v) is 9.14. The molecule has 5 nitrogen and oxygen atoms in total. The summed E-state index contributed by atoms with van der Waals surface area (Å²) in [5.41, 5.74) is 3.28. The van der Waals surface area contributed by atoms with E-state index in [4.69, 9.17) is 9.47 Å². The Labute approximate surface area is 165 Å². The van der Waals surface area contributed by atoms with Crippen LogP contribution in [-0.2, 0) is 6.42 Å². The van der Waals surface area contributed by atoms with Crippen LogP contribution >= 0.6 is 0 Å². The summed E-state index contributed by atoms with van der Waals surface area (Å²) >= 11 is 0. The molecule has 3 aromatic rings. The molecular formula is C23H24N2O3. The number of hydrogen-bond donors (Lipinski definition) is 1. The van der Waals surface area contributed by atoms with Crippen molar-refractivity contribution in [3.8, 4) is 22.6 Å². The smallest absolute Gasteiger partial charge is 0.252 e. The predicted molar refractivity (Wildman–Crippen MR) is 110 cm³/mol. The summed E-state index contributed by atoms with van der Waals surface area (Å²) in [6.45, 7) is 1.97. The van der Waals surface area contributed by atoms with Crippen LogP contribution in [0.2, 0.25) is 0 Å². The number of rotatable bonds is 7. The summed E-state index contributed by atoms with van der Waals surface area (Å²) < 4.78 is 10.5. The van der Waals surface area contributed by atoms with E-state index in [1.807, 2.05) is 61.5 Å². The Kier molecular flexibility index (Phi) is 6.27. The highest BCUT2D eigenvalue weighted by atomic mass is 16.5. The lowest BCUT2D eigenvalue weighted by atomic mass is 9.98. The molecule has 2 aromatic carbocycles. The number of amides is 1. The second kappa shape index (κ2) is 9.04. The van der Waals surface area contributed by atoms with Crippen LogP contribution in [0.5, 0.6) is 11.5 Å². The zero-order chi connectivity index (χ0) is 19.9. The number of benzene rings is 2. The first-order chi connectivity index (χ1) is 13.6. The van der Waals surface area contributed by atoms with Crippen molar-refractivity contribution in [2.75, 3.05) is 14.2 Å². The molecule has 0 radical (unpaired) electrons. The monoisotopic (exact) mass is 376 g/mol. The lowest BCUT2D eigenvalue weighted by Gasteiger charge is -2.16. The molecule has 0 aliphatic heterocycles. The van der Waals surface area contributed by atoms with Crippen molar-refractivity contribution in [3.05, 3.63) is 78.1 Å². The van der Waals surface area contributed by atoms with Crippen LogP contribution in [0.25, 0.3) is 11.1 Å². The molecule has 0 fully saturated rings. The van der Waals surface area contributed by atoms with Gasteiger partial charge in [0, 0.05) is 24.4 Å². The summed E-state index contributed by atoms with van der Waals surface area (Å²) in [7, 11) is 3.22. The van der Waals surface area contributed by atoms with E-state index in [1.165, 1.54) is 0 Å². The average molecular weight is 376 g/mol. The van der Waals surface area contributed by atoms with Crippen molar-refractivity contribution in [3.63, 3.8) is 0 Å². The Hall–Kier alpha value is -3.34. The summed E-state index contributed by atoms with van der Waals surface area (Å²) in [5, 5.41) is 3.07. The third-order valence-corrected chi connectivity index (χ3v) is 4.49. The topological polar surface area (TPSA) is 60.5 Å². The molecule has 1 heterocycles. The zero-order valence-corrected chi connectivity index (χ0v) is 16.3. The summed E-state index contributed by atoms with van der Waals surface area (Å²) in [6.07, 6.45) is 2.42. The standard InChI is InChI=1S/C23H24N2O3/c1-16(14-18-6-4-5-13-24-18)25-23(26)22-15-20(28-3)11-12-21(22)17-7-9-19(27-2)10-8-17/h4-13,15-16H,14H2,1-3H3,(H,25,26)/t16-/m1/s1. The minimum atomic E-state index is -0.145. The van der Waals surface area contributed by atoms with Crippen LogP contribution in [0, 0.1) is 0 Å². The van der Waals surface area contributed by atoms with Crippen LogP contribution < -0.4 is 14.8 Å². The van der Waals surface area contributed by atoms with Crippen molar-refractivity contribution in [1.82, 2.24) is 10.3 Å². The van der Waals surface area contributed by atoms with E-state index in [-0.39, 0.29) is 11.9 Å². The second-order valence-corrected chi connectivity index (χ2v) is 6.54. The molecule has 28 heavy (non-hydrogen) atoms. The fourth-order valence-corrected chi connectivity index (χ4v) is 3.05. The van der Waals surface area contributed by atoms with Crippen molar-refractivity contribution < 1.29 is 14.3 Å². The summed E-state index contributed by atoms with van der Waals surface area (Å²) in [6, 6.07) is 18.9. The van der Waals surface area contributed by atoms with Gasteiger partial charge in [0.2, 0.25) is 0 Å². The van der Waals surface area contributed by atoms with Crippen LogP contribution in [0.1, 0.15) is 23.0 Å². The Bertz CT molecular complexity index is 924. The number of ether oxygens (including phenoxy) is 2. The van der Waals surface area contributed by atoms with Crippen molar-refractivity contribution in [2.24, 2.45) is 0 Å². The molecule has 1 atom stereocenters. The SMILES string of the molecule is COc1ccc(-c2ccc(OC)cc2C(=O)N[C@H](C)Cc2ccccn2)cc1. The Balaban J connectivity index is 1.84. The molecule has 5 heteroatoms. The molecule has 0 bridgehead atoms. The Morgan fingerprint density at radius 3 is 2.36 bits per heavy atom. The van der Waals surface area contributed by atoms with Crippen LogP contribution in [-0.4, -0.2) is 31.2 Å². The lowest BCUT2D eigenvalue weighted by Crippen LogP contribution is -2.34. The van der Waals surface area contributed by atoms with Gasteiger partial charge in [-0.25, -0.2) is 0 Å². The fraction of sp³-hybridized carbons (Fsp3) is 0.217. The van der Waals surface area contributed by atoms with Gasteiger partial charge in [-0.3, -0.25) is 9.78 Å². The maximum atomic E-state index is 13.0. The number of pyridine rings is 1. The van der Waals surface area contributed by atoms with Gasteiger partial charge < -0.3 is 14.8 Å². The maximum Gasteiger partial charge on any atom is 0.252 e. The highest BCUT2D eigenvalue weighted by Crippen LogP contribution is 2.29. The molecule has 3 rings (SSSR count). The molecule has 1 N–H and O–H groups in total. The number of nitrogens with one attached hydrogen (secondary N) is 1. The highest BCUT2D eigenvalue weighted by molar-refractivity contribution is 6.01. The largest absolute Gasteiger partial charge is 0.497 e. The van der Waals surface area contributed by atoms with Crippen molar-refractivity contribution in [1.29, 1.82) is 0 Å². The van der Waals surface area contributed by atoms with E-state index < -0.39 is 0 Å². The normalized spacial score (nSPS) is 11.5. The van der Waals surface area contributed by atoms with Gasteiger partial charge in [-0.15, -0.1) is 0 Å². The number of carbonyl (C=O) groups excluding carboxylic acids is 1. The van der Waals surface area contributed by atoms with Gasteiger partial charge in [0.05, 0.1) is 19.8 Å². The third-order valence-electron chi connectivity index (χ3n) is 4.49. The Morgan fingerprint density at radius 2 is 1.71 bits per heavy atom. The van der Waals surface area contributed by atoms with E-state index in [1.54, 1.807) is 26.5 Å².